The van der Waals surface area contributed by atoms with Crippen LogP contribution in [0.4, 0.5) is 4.39 Å². The van der Waals surface area contributed by atoms with E-state index in [-0.39, 0.29) is 36.8 Å². The largest absolute Gasteiger partial charge is 0.305 e. The van der Waals surface area contributed by atoms with Crippen molar-refractivity contribution >= 4 is 13.3 Å². The minimum Gasteiger partial charge on any atom is -0.305 e. The Morgan fingerprint density at radius 3 is 2.08 bits per heavy atom. The number of rotatable bonds is 6. The molecule has 0 bridgehead atoms. The molecule has 50 heavy (non-hydrogen) atoms. The molecular formula is C45H53FIrN2Si-2. The van der Waals surface area contributed by atoms with E-state index >= 15 is 0 Å². The molecule has 0 unspecified atom stereocenters. The van der Waals surface area contributed by atoms with E-state index < -0.39 is 8.07 Å². The Morgan fingerprint density at radius 1 is 0.760 bits per heavy atom. The summed E-state index contributed by atoms with van der Waals surface area (Å²) < 4.78 is 14.4. The van der Waals surface area contributed by atoms with Gasteiger partial charge in [0.25, 0.3) is 0 Å². The van der Waals surface area contributed by atoms with E-state index in [1.54, 1.807) is 19.1 Å². The molecule has 2 nitrogen and oxygen atoms in total. The second-order valence-corrected chi connectivity index (χ2v) is 21.6. The van der Waals surface area contributed by atoms with Gasteiger partial charge in [0.2, 0.25) is 0 Å². The van der Waals surface area contributed by atoms with Crippen LogP contribution in [0, 0.1) is 37.2 Å². The first-order chi connectivity index (χ1) is 23.0. The fourth-order valence-electron chi connectivity index (χ4n) is 6.83. The predicted molar refractivity (Wildman–Crippen MR) is 208 cm³/mol. The first-order valence-corrected chi connectivity index (χ1v) is 21.3. The van der Waals surface area contributed by atoms with Crippen molar-refractivity contribution in [1.82, 2.24) is 9.97 Å². The molecule has 1 radical (unpaired) electrons. The molecule has 0 amide bonds. The summed E-state index contributed by atoms with van der Waals surface area (Å²) in [5, 5.41) is 1.37. The summed E-state index contributed by atoms with van der Waals surface area (Å²) in [6.45, 7) is 22.2. The topological polar surface area (TPSA) is 25.8 Å². The van der Waals surface area contributed by atoms with Crippen LogP contribution in [-0.4, -0.2) is 18.0 Å². The number of hydrogen-bond donors (Lipinski definition) is 0. The van der Waals surface area contributed by atoms with E-state index in [1.807, 2.05) is 12.4 Å². The van der Waals surface area contributed by atoms with E-state index in [0.29, 0.717) is 16.8 Å². The minimum absolute atomic E-state index is 0. The van der Waals surface area contributed by atoms with Crippen molar-refractivity contribution in [2.75, 3.05) is 0 Å². The third-order valence-corrected chi connectivity index (χ3v) is 11.8. The molecule has 0 atom stereocenters. The average molecular weight is 861 g/mol. The zero-order valence-corrected chi connectivity index (χ0v) is 35.0. The molecule has 0 spiro atoms. The van der Waals surface area contributed by atoms with Gasteiger partial charge in [-0.15, -0.1) is 53.1 Å². The van der Waals surface area contributed by atoms with Crippen molar-refractivity contribution in [3.63, 3.8) is 0 Å². The number of hydrogen-bond acceptors (Lipinski definition) is 2. The first-order valence-electron chi connectivity index (χ1n) is 17.8. The summed E-state index contributed by atoms with van der Waals surface area (Å²) in [5.74, 6) is -0.220. The zero-order chi connectivity index (χ0) is 35.6. The minimum atomic E-state index is -1.49. The van der Waals surface area contributed by atoms with E-state index in [4.69, 9.17) is 4.98 Å². The van der Waals surface area contributed by atoms with Crippen LogP contribution in [0.5, 0.6) is 0 Å². The van der Waals surface area contributed by atoms with Crippen LogP contribution in [0.15, 0.2) is 79.1 Å². The van der Waals surface area contributed by atoms with E-state index in [0.717, 1.165) is 18.5 Å². The number of aryl methyl sites for hydroxylation is 3. The van der Waals surface area contributed by atoms with Gasteiger partial charge >= 0.3 is 0 Å². The first kappa shape index (κ1) is 39.5. The summed E-state index contributed by atoms with van der Waals surface area (Å²) in [7, 11) is -1.49. The fraction of sp³-hybridized carbons (Fsp3) is 0.378. The monoisotopic (exact) mass is 861 g/mol. The van der Waals surface area contributed by atoms with Gasteiger partial charge < -0.3 is 9.97 Å². The Kier molecular flexibility index (Phi) is 12.6. The SMILES string of the molecule is Cc1cc[c-]c(-c2cc(CC(C)(C)C)c([Si](C)(C)C)cn2)c1F.Cc1ccc(C(C)(C)c2ccnc(-c3[c-]ccc4c3CCCC4)c2)cc1.[Ir]. The molecule has 0 saturated carbocycles. The molecule has 3 aromatic carbocycles. The second kappa shape index (κ2) is 16.0. The van der Waals surface area contributed by atoms with Crippen molar-refractivity contribution in [3.8, 4) is 22.5 Å². The molecule has 0 saturated heterocycles. The van der Waals surface area contributed by atoms with Gasteiger partial charge in [0.05, 0.1) is 8.07 Å². The molecule has 2 heterocycles. The molecule has 0 aliphatic heterocycles. The van der Waals surface area contributed by atoms with Crippen molar-refractivity contribution in [2.45, 2.75) is 106 Å². The van der Waals surface area contributed by atoms with E-state index in [1.165, 1.54) is 63.4 Å². The molecule has 1 aliphatic carbocycles. The molecule has 0 fully saturated rings. The van der Waals surface area contributed by atoms with Crippen molar-refractivity contribution in [1.29, 1.82) is 0 Å². The third-order valence-electron chi connectivity index (χ3n) is 9.74. The third kappa shape index (κ3) is 9.35. The van der Waals surface area contributed by atoms with Crippen LogP contribution in [0.25, 0.3) is 22.5 Å². The maximum atomic E-state index is 14.4. The predicted octanol–water partition coefficient (Wildman–Crippen LogP) is 11.2. The van der Waals surface area contributed by atoms with Gasteiger partial charge in [-0.2, -0.15) is 0 Å². The van der Waals surface area contributed by atoms with Gasteiger partial charge in [0, 0.05) is 43.7 Å². The van der Waals surface area contributed by atoms with Gasteiger partial charge in [-0.3, -0.25) is 4.39 Å². The Labute approximate surface area is 315 Å². The second-order valence-electron chi connectivity index (χ2n) is 16.5. The van der Waals surface area contributed by atoms with Crippen molar-refractivity contribution in [3.05, 3.63) is 136 Å². The summed E-state index contributed by atoms with van der Waals surface area (Å²) in [6, 6.07) is 29.7. The molecule has 2 aromatic heterocycles. The maximum absolute atomic E-state index is 14.4. The van der Waals surface area contributed by atoms with Crippen LogP contribution in [0.2, 0.25) is 19.6 Å². The van der Waals surface area contributed by atoms with Gasteiger partial charge in [-0.05, 0) is 58.9 Å². The van der Waals surface area contributed by atoms with Gasteiger partial charge in [0.15, 0.2) is 0 Å². The quantitative estimate of drug-likeness (QED) is 0.126. The maximum Gasteiger partial charge on any atom is 0.0798 e. The van der Waals surface area contributed by atoms with Crippen LogP contribution in [0.1, 0.15) is 86.4 Å². The standard InChI is InChI=1S/C25H26N.C20H27FNSi.Ir/c1-18-11-13-20(14-12-18)25(2,3)21-15-16-26-24(17-21)23-10-6-8-19-7-4-5-9-22(19)23;1-14-9-8-10-16(19(14)21)17-11-15(12-20(2,3)4)18(13-22-17)23(5,6)7;/h6,8,11-17H,4-5,7,9H2,1-3H3;8-9,11,13H,12H2,1-7H3;/q2*-1;. The molecular weight excluding hydrogens is 808 g/mol. The zero-order valence-electron chi connectivity index (χ0n) is 31.6. The molecule has 1 aliphatic rings. The normalized spacial score (nSPS) is 13.1. The average Bonchev–Trinajstić information content (AvgIpc) is 3.05. The van der Waals surface area contributed by atoms with Gasteiger partial charge in [0.1, 0.15) is 0 Å². The van der Waals surface area contributed by atoms with Gasteiger partial charge in [-0.1, -0.05) is 139 Å². The van der Waals surface area contributed by atoms with Crippen LogP contribution < -0.4 is 5.19 Å². The fourth-order valence-corrected chi connectivity index (χ4v) is 8.40. The van der Waals surface area contributed by atoms with E-state index in [9.17, 15) is 4.39 Å². The number of aromatic nitrogens is 2. The van der Waals surface area contributed by atoms with Crippen LogP contribution in [-0.2, 0) is 44.8 Å². The Bertz CT molecular complexity index is 1920. The summed E-state index contributed by atoms with van der Waals surface area (Å²) in [6.07, 6.45) is 9.79. The Morgan fingerprint density at radius 2 is 1.40 bits per heavy atom. The molecule has 5 heteroatoms. The smallest absolute Gasteiger partial charge is 0.0798 e. The van der Waals surface area contributed by atoms with Crippen LogP contribution in [0.3, 0.4) is 0 Å². The molecule has 265 valence electrons. The Hall–Kier alpha value is -3.24. The molecule has 0 N–H and O–H groups in total. The van der Waals surface area contributed by atoms with E-state index in [2.05, 4.69) is 133 Å². The Balaban J connectivity index is 0.000000222. The molecule has 6 rings (SSSR count). The number of fused-ring (bicyclic) bond motifs is 1. The summed E-state index contributed by atoms with van der Waals surface area (Å²) >= 11 is 0. The van der Waals surface area contributed by atoms with Crippen LogP contribution >= 0.6 is 0 Å². The number of halogens is 1. The van der Waals surface area contributed by atoms with Gasteiger partial charge in [-0.25, -0.2) is 0 Å². The van der Waals surface area contributed by atoms with Crippen molar-refractivity contribution in [2.24, 2.45) is 5.41 Å². The molecule has 5 aromatic rings. The number of benzene rings is 3. The van der Waals surface area contributed by atoms with Crippen molar-refractivity contribution < 1.29 is 24.5 Å². The number of pyridine rings is 2. The number of nitrogens with zero attached hydrogens (tertiary/aromatic N) is 2. The summed E-state index contributed by atoms with van der Waals surface area (Å²) in [4.78, 5) is 9.28. The summed E-state index contributed by atoms with van der Waals surface area (Å²) in [5.41, 5.74) is 12.3.